The highest BCUT2D eigenvalue weighted by atomic mass is 16.4. The van der Waals surface area contributed by atoms with Crippen LogP contribution >= 0.6 is 0 Å². The molecule has 0 radical (unpaired) electrons. The summed E-state index contributed by atoms with van der Waals surface area (Å²) < 4.78 is 2.36. The number of hydrogen-bond acceptors (Lipinski definition) is 1. The van der Waals surface area contributed by atoms with Crippen molar-refractivity contribution in [3.05, 3.63) is 95.7 Å². The molecule has 0 bridgehead atoms. The zero-order chi connectivity index (χ0) is 22.5. The van der Waals surface area contributed by atoms with E-state index in [4.69, 9.17) is 0 Å². The fourth-order valence-electron chi connectivity index (χ4n) is 4.44. The number of carboxylic acids is 1. The van der Waals surface area contributed by atoms with Crippen LogP contribution in [0.2, 0.25) is 0 Å². The first-order valence-corrected chi connectivity index (χ1v) is 11.6. The van der Waals surface area contributed by atoms with E-state index >= 15 is 0 Å². The minimum atomic E-state index is -0.883. The monoisotopic (exact) mass is 425 g/mol. The van der Waals surface area contributed by atoms with E-state index in [2.05, 4.69) is 73.1 Å². The van der Waals surface area contributed by atoms with Crippen LogP contribution in [0.25, 0.3) is 22.0 Å². The second-order valence-electron chi connectivity index (χ2n) is 8.65. The number of hydrogen-bond donors (Lipinski definition) is 1. The smallest absolute Gasteiger partial charge is 0.335 e. The van der Waals surface area contributed by atoms with Crippen LogP contribution in [0.3, 0.4) is 0 Å². The van der Waals surface area contributed by atoms with Crippen LogP contribution in [0.4, 0.5) is 0 Å². The maximum absolute atomic E-state index is 11.3. The Labute approximate surface area is 190 Å². The Morgan fingerprint density at radius 3 is 2.28 bits per heavy atom. The molecule has 0 saturated heterocycles. The molecule has 3 heteroatoms. The third-order valence-corrected chi connectivity index (χ3v) is 6.31. The standard InChI is InChI=1S/C29H31NO2/c1-3-4-5-6-7-27(23-12-14-24(15-13-23)29(31)32)30-19-18-26-20-25(16-17-28(26)30)22-10-8-21(2)9-11-22/h8-20,27H,3-7H2,1-2H3,(H,31,32). The minimum Gasteiger partial charge on any atom is -0.478 e. The minimum absolute atomic E-state index is 0.192. The predicted octanol–water partition coefficient (Wildman–Crippen LogP) is 7.87. The molecule has 1 aromatic heterocycles. The topological polar surface area (TPSA) is 42.2 Å². The van der Waals surface area contributed by atoms with Gasteiger partial charge in [0.05, 0.1) is 11.6 Å². The second-order valence-corrected chi connectivity index (χ2v) is 8.65. The van der Waals surface area contributed by atoms with Gasteiger partial charge in [0.2, 0.25) is 0 Å². The first kappa shape index (κ1) is 21.9. The Hall–Kier alpha value is -3.33. The molecular weight excluding hydrogens is 394 g/mol. The first-order chi connectivity index (χ1) is 15.6. The molecule has 32 heavy (non-hydrogen) atoms. The SMILES string of the molecule is CCCCCCC(c1ccc(C(=O)O)cc1)n1ccc2cc(-c3ccc(C)cc3)ccc21. The third-order valence-electron chi connectivity index (χ3n) is 6.31. The molecule has 0 aliphatic carbocycles. The summed E-state index contributed by atoms with van der Waals surface area (Å²) in [6.07, 6.45) is 8.05. The van der Waals surface area contributed by atoms with E-state index in [1.165, 1.54) is 46.9 Å². The average molecular weight is 426 g/mol. The van der Waals surface area contributed by atoms with E-state index in [-0.39, 0.29) is 6.04 Å². The normalized spacial score (nSPS) is 12.2. The van der Waals surface area contributed by atoms with Gasteiger partial charge >= 0.3 is 5.97 Å². The number of aryl methyl sites for hydroxylation is 1. The number of aromatic nitrogens is 1. The van der Waals surface area contributed by atoms with Crippen LogP contribution in [0.15, 0.2) is 79.0 Å². The predicted molar refractivity (Wildman–Crippen MR) is 132 cm³/mol. The number of fused-ring (bicyclic) bond motifs is 1. The quantitative estimate of drug-likeness (QED) is 0.277. The lowest BCUT2D eigenvalue weighted by Gasteiger charge is -2.21. The van der Waals surface area contributed by atoms with Gasteiger partial charge in [-0.15, -0.1) is 0 Å². The fraction of sp³-hybridized carbons (Fsp3) is 0.276. The van der Waals surface area contributed by atoms with Gasteiger partial charge in [0.15, 0.2) is 0 Å². The lowest BCUT2D eigenvalue weighted by atomic mass is 9.98. The molecule has 1 heterocycles. The molecule has 0 fully saturated rings. The van der Waals surface area contributed by atoms with Crippen LogP contribution in [0.1, 0.15) is 66.6 Å². The van der Waals surface area contributed by atoms with Crippen molar-refractivity contribution in [3.63, 3.8) is 0 Å². The van der Waals surface area contributed by atoms with E-state index < -0.39 is 5.97 Å². The van der Waals surface area contributed by atoms with E-state index in [0.717, 1.165) is 18.4 Å². The van der Waals surface area contributed by atoms with Gasteiger partial charge in [0, 0.05) is 17.1 Å². The molecule has 3 aromatic carbocycles. The van der Waals surface area contributed by atoms with Crippen molar-refractivity contribution in [1.82, 2.24) is 4.57 Å². The van der Waals surface area contributed by atoms with Gasteiger partial charge < -0.3 is 9.67 Å². The highest BCUT2D eigenvalue weighted by Gasteiger charge is 2.17. The van der Waals surface area contributed by atoms with Crippen molar-refractivity contribution in [1.29, 1.82) is 0 Å². The van der Waals surface area contributed by atoms with Crippen LogP contribution < -0.4 is 0 Å². The molecule has 164 valence electrons. The van der Waals surface area contributed by atoms with Crippen molar-refractivity contribution in [2.45, 2.75) is 52.0 Å². The van der Waals surface area contributed by atoms with Crippen molar-refractivity contribution < 1.29 is 9.90 Å². The molecule has 1 unspecified atom stereocenters. The summed E-state index contributed by atoms with van der Waals surface area (Å²) >= 11 is 0. The number of carbonyl (C=O) groups is 1. The molecule has 0 aliphatic heterocycles. The zero-order valence-corrected chi connectivity index (χ0v) is 18.9. The van der Waals surface area contributed by atoms with Gasteiger partial charge in [-0.05, 0) is 60.4 Å². The summed E-state index contributed by atoms with van der Waals surface area (Å²) in [5.74, 6) is -0.883. The van der Waals surface area contributed by atoms with E-state index in [0.29, 0.717) is 5.56 Å². The first-order valence-electron chi connectivity index (χ1n) is 11.6. The summed E-state index contributed by atoms with van der Waals surface area (Å²) in [6.45, 7) is 4.34. The van der Waals surface area contributed by atoms with Crippen LogP contribution in [-0.2, 0) is 0 Å². The molecule has 0 spiro atoms. The summed E-state index contributed by atoms with van der Waals surface area (Å²) in [7, 11) is 0. The molecule has 1 atom stereocenters. The number of carboxylic acid groups (broad SMARTS) is 1. The second kappa shape index (κ2) is 9.86. The number of unbranched alkanes of at least 4 members (excludes halogenated alkanes) is 3. The number of rotatable bonds is 9. The summed E-state index contributed by atoms with van der Waals surface area (Å²) in [5.41, 5.74) is 6.42. The number of benzene rings is 3. The van der Waals surface area contributed by atoms with E-state index in [1.807, 2.05) is 12.1 Å². The van der Waals surface area contributed by atoms with E-state index in [1.54, 1.807) is 12.1 Å². The molecule has 0 saturated carbocycles. The molecule has 0 amide bonds. The molecule has 3 nitrogen and oxygen atoms in total. The third kappa shape index (κ3) is 4.77. The highest BCUT2D eigenvalue weighted by Crippen LogP contribution is 2.32. The molecule has 4 rings (SSSR count). The largest absolute Gasteiger partial charge is 0.478 e. The number of aromatic carboxylic acids is 1. The van der Waals surface area contributed by atoms with Gasteiger partial charge in [-0.25, -0.2) is 4.79 Å². The van der Waals surface area contributed by atoms with E-state index in [9.17, 15) is 9.90 Å². The Bertz CT molecular complexity index is 1190. The Balaban J connectivity index is 1.68. The molecule has 1 N–H and O–H groups in total. The lowest BCUT2D eigenvalue weighted by Crippen LogP contribution is -2.10. The summed E-state index contributed by atoms with van der Waals surface area (Å²) in [5, 5.41) is 10.5. The number of nitrogens with zero attached hydrogens (tertiary/aromatic N) is 1. The van der Waals surface area contributed by atoms with Crippen molar-refractivity contribution >= 4 is 16.9 Å². The van der Waals surface area contributed by atoms with Gasteiger partial charge in [0.25, 0.3) is 0 Å². The van der Waals surface area contributed by atoms with Gasteiger partial charge in [-0.3, -0.25) is 0 Å². The fourth-order valence-corrected chi connectivity index (χ4v) is 4.44. The molecule has 0 aliphatic rings. The van der Waals surface area contributed by atoms with Gasteiger partial charge in [0.1, 0.15) is 0 Å². The maximum atomic E-state index is 11.3. The summed E-state index contributed by atoms with van der Waals surface area (Å²) in [6, 6.07) is 25.1. The zero-order valence-electron chi connectivity index (χ0n) is 18.9. The summed E-state index contributed by atoms with van der Waals surface area (Å²) in [4.78, 5) is 11.3. The van der Waals surface area contributed by atoms with Crippen molar-refractivity contribution in [2.75, 3.05) is 0 Å². The Kier molecular flexibility index (Phi) is 6.75. The van der Waals surface area contributed by atoms with Crippen LogP contribution in [0.5, 0.6) is 0 Å². The molecule has 4 aromatic rings. The average Bonchev–Trinajstić information content (AvgIpc) is 3.23. The van der Waals surface area contributed by atoms with Crippen LogP contribution in [-0.4, -0.2) is 15.6 Å². The Morgan fingerprint density at radius 2 is 1.59 bits per heavy atom. The Morgan fingerprint density at radius 1 is 0.875 bits per heavy atom. The highest BCUT2D eigenvalue weighted by molar-refractivity contribution is 5.88. The van der Waals surface area contributed by atoms with Crippen molar-refractivity contribution in [2.24, 2.45) is 0 Å². The molecular formula is C29H31NO2. The van der Waals surface area contributed by atoms with Gasteiger partial charge in [-0.2, -0.15) is 0 Å². The van der Waals surface area contributed by atoms with Crippen molar-refractivity contribution in [3.8, 4) is 11.1 Å². The lowest BCUT2D eigenvalue weighted by molar-refractivity contribution is 0.0697. The maximum Gasteiger partial charge on any atom is 0.335 e. The van der Waals surface area contributed by atoms with Gasteiger partial charge in [-0.1, -0.05) is 80.6 Å². The van der Waals surface area contributed by atoms with Crippen LogP contribution in [0, 0.1) is 6.92 Å².